The van der Waals surface area contributed by atoms with E-state index in [2.05, 4.69) is 16.5 Å². The Morgan fingerprint density at radius 2 is 2.06 bits per heavy atom. The molecule has 0 saturated carbocycles. The van der Waals surface area contributed by atoms with E-state index in [1.807, 2.05) is 24.3 Å². The maximum atomic E-state index is 9.65. The summed E-state index contributed by atoms with van der Waals surface area (Å²) < 4.78 is 0. The maximum Gasteiger partial charge on any atom is 0.159 e. The molecule has 18 heavy (non-hydrogen) atoms. The Kier molecular flexibility index (Phi) is 3.85. The van der Waals surface area contributed by atoms with Gasteiger partial charge < -0.3 is 5.11 Å². The first-order valence-corrected chi connectivity index (χ1v) is 5.91. The lowest BCUT2D eigenvalue weighted by atomic mass is 9.98. The van der Waals surface area contributed by atoms with Crippen molar-refractivity contribution in [3.63, 3.8) is 0 Å². The van der Waals surface area contributed by atoms with Crippen molar-refractivity contribution in [2.24, 2.45) is 0 Å². The second kappa shape index (κ2) is 5.56. The predicted molar refractivity (Wildman–Crippen MR) is 72.0 cm³/mol. The standard InChI is InChI=1S/C15H16N2O/c1-3-5-12-6-7-13(11(2)18)10-14(12)15-16-8-4-9-17-15/h3-4,6-11,18H,1,5H2,2H3. The first-order chi connectivity index (χ1) is 8.72. The van der Waals surface area contributed by atoms with Crippen LogP contribution in [0.5, 0.6) is 0 Å². The number of nitrogens with zero attached hydrogens (tertiary/aromatic N) is 2. The van der Waals surface area contributed by atoms with Gasteiger partial charge in [0.1, 0.15) is 0 Å². The fourth-order valence-corrected chi connectivity index (χ4v) is 1.83. The highest BCUT2D eigenvalue weighted by Gasteiger charge is 2.10. The lowest BCUT2D eigenvalue weighted by Gasteiger charge is -2.11. The second-order valence-corrected chi connectivity index (χ2v) is 4.16. The Morgan fingerprint density at radius 1 is 1.33 bits per heavy atom. The molecule has 92 valence electrons. The minimum Gasteiger partial charge on any atom is -0.389 e. The summed E-state index contributed by atoms with van der Waals surface area (Å²) in [5, 5.41) is 9.65. The molecule has 3 heteroatoms. The average molecular weight is 240 g/mol. The van der Waals surface area contributed by atoms with Gasteiger partial charge in [-0.15, -0.1) is 6.58 Å². The summed E-state index contributed by atoms with van der Waals surface area (Å²) in [7, 11) is 0. The Morgan fingerprint density at radius 3 is 2.67 bits per heavy atom. The second-order valence-electron chi connectivity index (χ2n) is 4.16. The number of aliphatic hydroxyl groups is 1. The third kappa shape index (κ3) is 2.63. The van der Waals surface area contributed by atoms with E-state index >= 15 is 0 Å². The Bertz CT molecular complexity index is 535. The number of aromatic nitrogens is 2. The molecule has 0 spiro atoms. The van der Waals surface area contributed by atoms with Crippen molar-refractivity contribution >= 4 is 0 Å². The van der Waals surface area contributed by atoms with Gasteiger partial charge in [-0.25, -0.2) is 9.97 Å². The summed E-state index contributed by atoms with van der Waals surface area (Å²) >= 11 is 0. The molecule has 0 radical (unpaired) electrons. The van der Waals surface area contributed by atoms with Crippen molar-refractivity contribution < 1.29 is 5.11 Å². The van der Waals surface area contributed by atoms with Crippen LogP contribution in [0.1, 0.15) is 24.2 Å². The van der Waals surface area contributed by atoms with Crippen molar-refractivity contribution in [3.05, 3.63) is 60.4 Å². The van der Waals surface area contributed by atoms with Gasteiger partial charge in [0.15, 0.2) is 5.82 Å². The molecule has 2 rings (SSSR count). The molecule has 1 unspecified atom stereocenters. The molecule has 1 aromatic heterocycles. The summed E-state index contributed by atoms with van der Waals surface area (Å²) in [6.07, 6.45) is 5.55. The quantitative estimate of drug-likeness (QED) is 0.836. The molecule has 0 bridgehead atoms. The molecule has 0 aliphatic carbocycles. The lowest BCUT2D eigenvalue weighted by Crippen LogP contribution is -1.97. The van der Waals surface area contributed by atoms with E-state index < -0.39 is 6.10 Å². The van der Waals surface area contributed by atoms with Crippen molar-refractivity contribution in [3.8, 4) is 11.4 Å². The van der Waals surface area contributed by atoms with Crippen LogP contribution in [0.4, 0.5) is 0 Å². The lowest BCUT2D eigenvalue weighted by molar-refractivity contribution is 0.199. The van der Waals surface area contributed by atoms with E-state index in [-0.39, 0.29) is 0 Å². The molecule has 0 aliphatic heterocycles. The van der Waals surface area contributed by atoms with E-state index in [1.54, 1.807) is 25.4 Å². The first-order valence-electron chi connectivity index (χ1n) is 5.91. The molecule has 0 amide bonds. The van der Waals surface area contributed by atoms with E-state index in [4.69, 9.17) is 0 Å². The smallest absolute Gasteiger partial charge is 0.159 e. The third-order valence-corrected chi connectivity index (χ3v) is 2.79. The molecule has 3 nitrogen and oxygen atoms in total. The van der Waals surface area contributed by atoms with Gasteiger partial charge in [-0.2, -0.15) is 0 Å². The number of aliphatic hydroxyl groups excluding tert-OH is 1. The van der Waals surface area contributed by atoms with Gasteiger partial charge in [0.05, 0.1) is 6.10 Å². The van der Waals surface area contributed by atoms with Crippen LogP contribution in [-0.4, -0.2) is 15.1 Å². The van der Waals surface area contributed by atoms with Crippen LogP contribution in [0.25, 0.3) is 11.4 Å². The van der Waals surface area contributed by atoms with Crippen LogP contribution in [0.3, 0.4) is 0 Å². The summed E-state index contributed by atoms with van der Waals surface area (Å²) in [5.74, 6) is 0.678. The number of allylic oxidation sites excluding steroid dienone is 1. The molecule has 1 heterocycles. The molecule has 1 atom stereocenters. The largest absolute Gasteiger partial charge is 0.389 e. The van der Waals surface area contributed by atoms with Crippen molar-refractivity contribution in [2.45, 2.75) is 19.4 Å². The molecule has 0 fully saturated rings. The van der Waals surface area contributed by atoms with Gasteiger partial charge >= 0.3 is 0 Å². The Balaban J connectivity index is 2.54. The number of hydrogen-bond donors (Lipinski definition) is 1. The zero-order valence-electron chi connectivity index (χ0n) is 10.4. The highest BCUT2D eigenvalue weighted by Crippen LogP contribution is 2.25. The summed E-state index contributed by atoms with van der Waals surface area (Å²) in [5.41, 5.74) is 2.93. The van der Waals surface area contributed by atoms with Crippen LogP contribution >= 0.6 is 0 Å². The SMILES string of the molecule is C=CCc1ccc(C(C)O)cc1-c1ncccn1. The monoisotopic (exact) mass is 240 g/mol. The first kappa shape index (κ1) is 12.5. The van der Waals surface area contributed by atoms with Crippen molar-refractivity contribution in [1.82, 2.24) is 9.97 Å². The summed E-state index contributed by atoms with van der Waals surface area (Å²) in [4.78, 5) is 8.53. The van der Waals surface area contributed by atoms with Crippen molar-refractivity contribution in [2.75, 3.05) is 0 Å². The highest BCUT2D eigenvalue weighted by atomic mass is 16.3. The fraction of sp³-hybridized carbons (Fsp3) is 0.200. The zero-order chi connectivity index (χ0) is 13.0. The van der Waals surface area contributed by atoms with Gasteiger partial charge in [-0.05, 0) is 36.6 Å². The average Bonchev–Trinajstić information content (AvgIpc) is 2.40. The Hall–Kier alpha value is -2.00. The van der Waals surface area contributed by atoms with Crippen LogP contribution in [0, 0.1) is 0 Å². The van der Waals surface area contributed by atoms with E-state index in [0.29, 0.717) is 5.82 Å². The van der Waals surface area contributed by atoms with Gasteiger partial charge in [0.2, 0.25) is 0 Å². The topological polar surface area (TPSA) is 46.0 Å². The van der Waals surface area contributed by atoms with Gasteiger partial charge in [0, 0.05) is 18.0 Å². The van der Waals surface area contributed by atoms with E-state index in [0.717, 1.165) is 23.1 Å². The third-order valence-electron chi connectivity index (χ3n) is 2.79. The predicted octanol–water partition coefficient (Wildman–Crippen LogP) is 2.93. The fourth-order valence-electron chi connectivity index (χ4n) is 1.83. The van der Waals surface area contributed by atoms with Gasteiger partial charge in [0.25, 0.3) is 0 Å². The van der Waals surface area contributed by atoms with Gasteiger partial charge in [-0.1, -0.05) is 18.2 Å². The summed E-state index contributed by atoms with van der Waals surface area (Å²) in [6, 6.07) is 7.65. The van der Waals surface area contributed by atoms with Gasteiger partial charge in [-0.3, -0.25) is 0 Å². The van der Waals surface area contributed by atoms with E-state index in [1.165, 1.54) is 0 Å². The van der Waals surface area contributed by atoms with Crippen LogP contribution in [0.15, 0.2) is 49.3 Å². The van der Waals surface area contributed by atoms with Crippen molar-refractivity contribution in [1.29, 1.82) is 0 Å². The normalized spacial score (nSPS) is 12.1. The number of hydrogen-bond acceptors (Lipinski definition) is 3. The number of rotatable bonds is 4. The number of benzene rings is 1. The van der Waals surface area contributed by atoms with E-state index in [9.17, 15) is 5.11 Å². The van der Waals surface area contributed by atoms with Crippen LogP contribution in [0.2, 0.25) is 0 Å². The maximum absolute atomic E-state index is 9.65. The molecular formula is C15H16N2O. The molecule has 1 aromatic carbocycles. The zero-order valence-corrected chi connectivity index (χ0v) is 10.4. The Labute approximate surface area is 107 Å². The minimum atomic E-state index is -0.495. The molecule has 1 N–H and O–H groups in total. The van der Waals surface area contributed by atoms with Crippen LogP contribution in [-0.2, 0) is 6.42 Å². The molecule has 0 saturated heterocycles. The minimum absolute atomic E-state index is 0.495. The summed E-state index contributed by atoms with van der Waals surface area (Å²) in [6.45, 7) is 5.51. The molecule has 2 aromatic rings. The molecular weight excluding hydrogens is 224 g/mol. The highest BCUT2D eigenvalue weighted by molar-refractivity contribution is 5.61. The molecule has 0 aliphatic rings. The van der Waals surface area contributed by atoms with Crippen LogP contribution < -0.4 is 0 Å².